The SMILES string of the molecule is C=CC(=O)N(C)CCOc1cnccc1-c1ccc(CN(C)C(=O)c2cc(C(C)(C)C)on2)c(C)c1. The topological polar surface area (TPSA) is 88.8 Å². The molecular formula is C28H34N4O4. The molecule has 0 aliphatic carbocycles. The molecule has 1 aromatic carbocycles. The number of carbonyl (C=O) groups excluding carboxylic acids is 2. The molecule has 0 fully saturated rings. The first-order valence-corrected chi connectivity index (χ1v) is 11.8. The minimum Gasteiger partial charge on any atom is -0.489 e. The van der Waals surface area contributed by atoms with E-state index in [2.05, 4.69) is 22.8 Å². The molecule has 8 nitrogen and oxygen atoms in total. The first-order valence-electron chi connectivity index (χ1n) is 11.8. The number of carbonyl (C=O) groups is 2. The summed E-state index contributed by atoms with van der Waals surface area (Å²) < 4.78 is 11.3. The van der Waals surface area contributed by atoms with Crippen molar-refractivity contribution in [2.45, 2.75) is 39.7 Å². The van der Waals surface area contributed by atoms with E-state index in [-0.39, 0.29) is 17.2 Å². The third kappa shape index (κ3) is 6.38. The molecule has 0 spiro atoms. The van der Waals surface area contributed by atoms with Gasteiger partial charge < -0.3 is 19.1 Å². The molecule has 8 heteroatoms. The van der Waals surface area contributed by atoms with E-state index in [1.54, 1.807) is 42.4 Å². The average molecular weight is 491 g/mol. The van der Waals surface area contributed by atoms with Crippen LogP contribution in [0.4, 0.5) is 0 Å². The Hall–Kier alpha value is -3.94. The second kappa shape index (κ2) is 11.2. The van der Waals surface area contributed by atoms with E-state index in [4.69, 9.17) is 9.26 Å². The van der Waals surface area contributed by atoms with Gasteiger partial charge in [-0.05, 0) is 35.8 Å². The zero-order chi connectivity index (χ0) is 26.5. The van der Waals surface area contributed by atoms with Crippen molar-refractivity contribution in [1.82, 2.24) is 19.9 Å². The fourth-order valence-electron chi connectivity index (χ4n) is 3.59. The Morgan fingerprint density at radius 3 is 2.53 bits per heavy atom. The van der Waals surface area contributed by atoms with Gasteiger partial charge in [-0.1, -0.05) is 50.7 Å². The number of likely N-dealkylation sites (N-methyl/N-ethyl adjacent to an activating group) is 1. The maximum absolute atomic E-state index is 12.9. The van der Waals surface area contributed by atoms with Gasteiger partial charge in [0.2, 0.25) is 5.91 Å². The molecule has 0 aliphatic heterocycles. The number of hydrogen-bond donors (Lipinski definition) is 0. The Balaban J connectivity index is 1.71. The highest BCUT2D eigenvalue weighted by Crippen LogP contribution is 2.31. The van der Waals surface area contributed by atoms with E-state index in [1.165, 1.54) is 6.08 Å². The van der Waals surface area contributed by atoms with E-state index in [1.807, 2.05) is 45.9 Å². The first-order chi connectivity index (χ1) is 17.0. The van der Waals surface area contributed by atoms with E-state index in [0.717, 1.165) is 22.3 Å². The minimum atomic E-state index is -0.217. The third-order valence-corrected chi connectivity index (χ3v) is 5.90. The molecule has 0 N–H and O–H groups in total. The molecule has 0 bridgehead atoms. The summed E-state index contributed by atoms with van der Waals surface area (Å²) in [5, 5.41) is 3.97. The Morgan fingerprint density at radius 1 is 1.14 bits per heavy atom. The van der Waals surface area contributed by atoms with Crippen molar-refractivity contribution < 1.29 is 18.8 Å². The number of nitrogens with zero attached hydrogens (tertiary/aromatic N) is 4. The summed E-state index contributed by atoms with van der Waals surface area (Å²) in [5.74, 6) is 0.964. The lowest BCUT2D eigenvalue weighted by Crippen LogP contribution is -2.29. The summed E-state index contributed by atoms with van der Waals surface area (Å²) in [4.78, 5) is 31.9. The van der Waals surface area contributed by atoms with Crippen LogP contribution in [0.2, 0.25) is 0 Å². The van der Waals surface area contributed by atoms with Gasteiger partial charge in [0.25, 0.3) is 5.91 Å². The monoisotopic (exact) mass is 490 g/mol. The molecular weight excluding hydrogens is 456 g/mol. The van der Waals surface area contributed by atoms with Crippen LogP contribution in [0.15, 0.2) is 59.9 Å². The van der Waals surface area contributed by atoms with Crippen LogP contribution in [-0.4, -0.2) is 59.0 Å². The number of aromatic nitrogens is 2. The molecule has 3 rings (SSSR count). The maximum Gasteiger partial charge on any atom is 0.276 e. The number of amides is 2. The van der Waals surface area contributed by atoms with Gasteiger partial charge in [0.15, 0.2) is 5.69 Å². The fourth-order valence-corrected chi connectivity index (χ4v) is 3.59. The van der Waals surface area contributed by atoms with Crippen LogP contribution < -0.4 is 4.74 Å². The zero-order valence-electron chi connectivity index (χ0n) is 21.9. The van der Waals surface area contributed by atoms with Crippen LogP contribution in [-0.2, 0) is 16.8 Å². The number of pyridine rings is 1. The lowest BCUT2D eigenvalue weighted by Gasteiger charge is -2.19. The second-order valence-electron chi connectivity index (χ2n) is 9.81. The predicted molar refractivity (Wildman–Crippen MR) is 139 cm³/mol. The van der Waals surface area contributed by atoms with Crippen LogP contribution in [0.3, 0.4) is 0 Å². The van der Waals surface area contributed by atoms with Gasteiger partial charge in [0, 0.05) is 43.9 Å². The summed E-state index contributed by atoms with van der Waals surface area (Å²) in [6.07, 6.45) is 4.67. The lowest BCUT2D eigenvalue weighted by molar-refractivity contribution is -0.125. The van der Waals surface area contributed by atoms with E-state index in [9.17, 15) is 9.59 Å². The van der Waals surface area contributed by atoms with Crippen molar-refractivity contribution in [3.63, 3.8) is 0 Å². The van der Waals surface area contributed by atoms with Gasteiger partial charge >= 0.3 is 0 Å². The number of aryl methyl sites for hydroxylation is 1. The Labute approximate surface area is 212 Å². The standard InChI is InChI=1S/C28H34N4O4/c1-8-26(33)31(6)13-14-35-24-17-29-12-11-22(24)20-9-10-21(19(2)15-20)18-32(7)27(34)23-16-25(36-30-23)28(3,4)5/h8-12,15-17H,1,13-14,18H2,2-7H3. The van der Waals surface area contributed by atoms with Crippen molar-refractivity contribution in [2.75, 3.05) is 27.2 Å². The van der Waals surface area contributed by atoms with E-state index < -0.39 is 0 Å². The highest BCUT2D eigenvalue weighted by atomic mass is 16.5. The molecule has 0 atom stereocenters. The molecule has 2 heterocycles. The summed E-state index contributed by atoms with van der Waals surface area (Å²) in [5.41, 5.74) is 4.03. The molecule has 2 amide bonds. The highest BCUT2D eigenvalue weighted by molar-refractivity contribution is 5.92. The van der Waals surface area contributed by atoms with Gasteiger partial charge in [0.05, 0.1) is 12.7 Å². The van der Waals surface area contributed by atoms with Crippen molar-refractivity contribution in [1.29, 1.82) is 0 Å². The van der Waals surface area contributed by atoms with Crippen LogP contribution in [0.25, 0.3) is 11.1 Å². The number of ether oxygens (including phenoxy) is 1. The summed E-state index contributed by atoms with van der Waals surface area (Å²) >= 11 is 0. The van der Waals surface area contributed by atoms with Crippen LogP contribution in [0.5, 0.6) is 5.75 Å². The second-order valence-corrected chi connectivity index (χ2v) is 9.81. The third-order valence-electron chi connectivity index (χ3n) is 5.90. The van der Waals surface area contributed by atoms with E-state index >= 15 is 0 Å². The molecule has 0 saturated heterocycles. The molecule has 0 radical (unpaired) electrons. The van der Waals surface area contributed by atoms with Gasteiger partial charge in [-0.3, -0.25) is 14.6 Å². The molecule has 36 heavy (non-hydrogen) atoms. The van der Waals surface area contributed by atoms with Crippen molar-refractivity contribution >= 4 is 11.8 Å². The van der Waals surface area contributed by atoms with Gasteiger partial charge in [-0.2, -0.15) is 0 Å². The lowest BCUT2D eigenvalue weighted by atomic mass is 9.93. The molecule has 2 aromatic heterocycles. The van der Waals surface area contributed by atoms with Crippen molar-refractivity contribution in [3.8, 4) is 16.9 Å². The Kier molecular flexibility index (Phi) is 8.29. The van der Waals surface area contributed by atoms with Crippen LogP contribution >= 0.6 is 0 Å². The average Bonchev–Trinajstić information content (AvgIpc) is 3.35. The summed E-state index contributed by atoms with van der Waals surface area (Å²) in [6.45, 7) is 12.7. The Morgan fingerprint density at radius 2 is 1.89 bits per heavy atom. The maximum atomic E-state index is 12.9. The molecule has 0 saturated carbocycles. The molecule has 3 aromatic rings. The summed E-state index contributed by atoms with van der Waals surface area (Å²) in [6, 6.07) is 9.69. The fraction of sp³-hybridized carbons (Fsp3) is 0.357. The van der Waals surface area contributed by atoms with Crippen LogP contribution in [0, 0.1) is 6.92 Å². The molecule has 0 unspecified atom stereocenters. The minimum absolute atomic E-state index is 0.155. The van der Waals surface area contributed by atoms with Crippen molar-refractivity contribution in [2.24, 2.45) is 0 Å². The van der Waals surface area contributed by atoms with Crippen LogP contribution in [0.1, 0.15) is 48.1 Å². The van der Waals surface area contributed by atoms with Gasteiger partial charge in [0.1, 0.15) is 18.1 Å². The largest absolute Gasteiger partial charge is 0.489 e. The normalized spacial score (nSPS) is 11.2. The summed E-state index contributed by atoms with van der Waals surface area (Å²) in [7, 11) is 3.46. The molecule has 190 valence electrons. The first kappa shape index (κ1) is 26.7. The number of rotatable bonds is 9. The van der Waals surface area contributed by atoms with Crippen molar-refractivity contribution in [3.05, 3.63) is 78.0 Å². The zero-order valence-corrected chi connectivity index (χ0v) is 21.9. The smallest absolute Gasteiger partial charge is 0.276 e. The van der Waals surface area contributed by atoms with Gasteiger partial charge in [-0.25, -0.2) is 0 Å². The highest BCUT2D eigenvalue weighted by Gasteiger charge is 2.24. The predicted octanol–water partition coefficient (Wildman–Crippen LogP) is 4.64. The Bertz CT molecular complexity index is 1240. The van der Waals surface area contributed by atoms with Gasteiger partial charge in [-0.15, -0.1) is 0 Å². The van der Waals surface area contributed by atoms with E-state index in [0.29, 0.717) is 36.9 Å². The molecule has 0 aliphatic rings. The quantitative estimate of drug-likeness (QED) is 0.406. The number of benzene rings is 1. The number of hydrogen-bond acceptors (Lipinski definition) is 6.